The Kier molecular flexibility index (Phi) is 6.54. The largest absolute Gasteiger partial charge is 0.443 e. The maximum Gasteiger partial charge on any atom is 0.294 e. The van der Waals surface area contributed by atoms with E-state index in [0.29, 0.717) is 31.6 Å². The van der Waals surface area contributed by atoms with Crippen LogP contribution >= 0.6 is 0 Å². The van der Waals surface area contributed by atoms with Crippen molar-refractivity contribution in [3.05, 3.63) is 0 Å². The minimum absolute atomic E-state index is 0.315. The van der Waals surface area contributed by atoms with Gasteiger partial charge in [-0.15, -0.1) is 0 Å². The summed E-state index contributed by atoms with van der Waals surface area (Å²) in [6, 6.07) is 2.53. The third-order valence-corrected chi connectivity index (χ3v) is 2.30. The van der Waals surface area contributed by atoms with Gasteiger partial charge in [0.05, 0.1) is 0 Å². The van der Waals surface area contributed by atoms with Gasteiger partial charge >= 0.3 is 0 Å². The number of carbonyl (C=O) groups is 1. The van der Waals surface area contributed by atoms with Crippen molar-refractivity contribution in [2.75, 3.05) is 13.2 Å². The normalized spacial score (nSPS) is 18.1. The first-order chi connectivity index (χ1) is 7.47. The van der Waals surface area contributed by atoms with Gasteiger partial charge in [-0.1, -0.05) is 13.8 Å². The van der Waals surface area contributed by atoms with Crippen molar-refractivity contribution in [3.63, 3.8) is 0 Å². The van der Waals surface area contributed by atoms with E-state index in [1.165, 1.54) is 0 Å². The second-order valence-corrected chi connectivity index (χ2v) is 4.07. The molecule has 0 bridgehead atoms. The van der Waals surface area contributed by atoms with E-state index >= 15 is 0 Å². The van der Waals surface area contributed by atoms with E-state index in [0.717, 1.165) is 0 Å². The van der Waals surface area contributed by atoms with Crippen LogP contribution in [0.1, 0.15) is 20.8 Å². The maximum absolute atomic E-state index is 9.90. The summed E-state index contributed by atoms with van der Waals surface area (Å²) >= 11 is 0. The van der Waals surface area contributed by atoms with Crippen molar-refractivity contribution in [2.24, 2.45) is 17.4 Å². The molecule has 5 nitrogen and oxygen atoms in total. The van der Waals surface area contributed by atoms with Gasteiger partial charge in [-0.25, -0.2) is 0 Å². The van der Waals surface area contributed by atoms with E-state index in [2.05, 4.69) is 30.5 Å². The van der Waals surface area contributed by atoms with Crippen LogP contribution in [0.2, 0.25) is 0 Å². The average molecular weight is 228 g/mol. The molecule has 1 aliphatic rings. The number of ether oxygens (including phenoxy) is 2. The number of hydrogen-bond donors (Lipinski definition) is 2. The molecule has 1 fully saturated rings. The van der Waals surface area contributed by atoms with Crippen molar-refractivity contribution in [2.45, 2.75) is 32.4 Å². The first kappa shape index (κ1) is 14.8. The van der Waals surface area contributed by atoms with Gasteiger partial charge in [-0.3, -0.25) is 4.79 Å². The second-order valence-electron chi connectivity index (χ2n) is 4.07. The van der Waals surface area contributed by atoms with Gasteiger partial charge in [-0.2, -0.15) is 0 Å². The Hall–Kier alpha value is -1.25. The Balaban J connectivity index is 0.000000325. The highest BCUT2D eigenvalue weighted by atomic mass is 16.6. The van der Waals surface area contributed by atoms with Crippen molar-refractivity contribution < 1.29 is 14.3 Å². The third-order valence-electron chi connectivity index (χ3n) is 2.30. The van der Waals surface area contributed by atoms with Crippen LogP contribution in [-0.2, 0) is 14.3 Å². The number of hydrogen-bond acceptors (Lipinski definition) is 5. The van der Waals surface area contributed by atoms with Gasteiger partial charge in [0.15, 0.2) is 0 Å². The zero-order chi connectivity index (χ0) is 12.6. The predicted octanol–water partition coefficient (Wildman–Crippen LogP) is -0.162. The van der Waals surface area contributed by atoms with Gasteiger partial charge in [0.1, 0.15) is 13.2 Å². The smallest absolute Gasteiger partial charge is 0.294 e. The van der Waals surface area contributed by atoms with Gasteiger partial charge in [0, 0.05) is 12.1 Å². The summed E-state index contributed by atoms with van der Waals surface area (Å²) < 4.78 is 9.45. The molecule has 1 heterocycles. The lowest BCUT2D eigenvalue weighted by Crippen LogP contribution is -2.50. The monoisotopic (exact) mass is 228 g/mol. The Morgan fingerprint density at radius 2 is 1.94 bits per heavy atom. The molecule has 0 aromatic heterocycles. The molecular weight excluding hydrogens is 208 g/mol. The molecule has 0 aromatic rings. The van der Waals surface area contributed by atoms with Gasteiger partial charge in [0.25, 0.3) is 6.47 Å². The van der Waals surface area contributed by atoms with Crippen LogP contribution in [0, 0.1) is 17.9 Å². The molecule has 0 saturated carbocycles. The molecule has 16 heavy (non-hydrogen) atoms. The lowest BCUT2D eigenvalue weighted by molar-refractivity contribution is -0.179. The van der Waals surface area contributed by atoms with Crippen LogP contribution in [0.15, 0.2) is 0 Å². The minimum atomic E-state index is -0.753. The first-order valence-electron chi connectivity index (χ1n) is 5.15. The fourth-order valence-corrected chi connectivity index (χ4v) is 0.681. The highest BCUT2D eigenvalue weighted by molar-refractivity contribution is 5.41. The quantitative estimate of drug-likeness (QED) is 0.398. The van der Waals surface area contributed by atoms with Crippen molar-refractivity contribution in [3.8, 4) is 12.0 Å². The summed E-state index contributed by atoms with van der Waals surface area (Å²) in [7, 11) is 0. The molecule has 1 atom stereocenters. The van der Waals surface area contributed by atoms with Crippen LogP contribution in [0.4, 0.5) is 0 Å². The Morgan fingerprint density at radius 1 is 1.44 bits per heavy atom. The number of carbonyl (C=O) groups excluding carboxylic acids is 1. The second kappa shape index (κ2) is 7.09. The lowest BCUT2D eigenvalue weighted by atomic mass is 10.0. The summed E-state index contributed by atoms with van der Waals surface area (Å²) in [5, 5.41) is 0. The Bertz CT molecular complexity index is 256. The highest BCUT2D eigenvalue weighted by Gasteiger charge is 2.39. The molecule has 0 radical (unpaired) electrons. The minimum Gasteiger partial charge on any atom is -0.443 e. The lowest BCUT2D eigenvalue weighted by Gasteiger charge is -2.34. The summed E-state index contributed by atoms with van der Waals surface area (Å²) in [5.74, 6) is 3.18. The molecule has 0 aromatic carbocycles. The molecule has 0 aliphatic carbocycles. The predicted molar refractivity (Wildman–Crippen MR) is 61.1 cm³/mol. The summed E-state index contributed by atoms with van der Waals surface area (Å²) in [6.45, 7) is 7.23. The molecule has 5 heteroatoms. The molecule has 0 amide bonds. The maximum atomic E-state index is 9.90. The van der Waals surface area contributed by atoms with E-state index in [1.807, 2.05) is 6.92 Å². The third kappa shape index (κ3) is 5.01. The zero-order valence-electron chi connectivity index (χ0n) is 10.0. The van der Waals surface area contributed by atoms with Crippen LogP contribution in [0.25, 0.3) is 0 Å². The zero-order valence-corrected chi connectivity index (χ0v) is 10.0. The van der Waals surface area contributed by atoms with Crippen LogP contribution in [-0.4, -0.2) is 31.3 Å². The van der Waals surface area contributed by atoms with E-state index < -0.39 is 5.60 Å². The molecule has 1 rings (SSSR count). The highest BCUT2D eigenvalue weighted by Crippen LogP contribution is 2.19. The Morgan fingerprint density at radius 3 is 2.12 bits per heavy atom. The van der Waals surface area contributed by atoms with E-state index in [1.54, 1.807) is 0 Å². The Labute approximate surface area is 96.5 Å². The molecule has 0 spiro atoms. The molecule has 4 N–H and O–H groups in total. The SMILES string of the molecule is CC(C)C(C)N.NC#CC1(OC=O)COC1. The summed E-state index contributed by atoms with van der Waals surface area (Å²) in [5.41, 5.74) is 9.62. The van der Waals surface area contributed by atoms with Crippen molar-refractivity contribution in [1.29, 1.82) is 0 Å². The van der Waals surface area contributed by atoms with Gasteiger partial charge in [0.2, 0.25) is 5.60 Å². The van der Waals surface area contributed by atoms with E-state index in [-0.39, 0.29) is 0 Å². The standard InChI is InChI=1S/C6H7NO3.C5H13N/c7-2-1-6(10-5-8)3-9-4-6;1-4(2)5(3)6/h5H,3-4,7H2;4-5H,6H2,1-3H3. The van der Waals surface area contributed by atoms with Crippen molar-refractivity contribution >= 4 is 6.47 Å². The number of rotatable bonds is 3. The molecule has 92 valence electrons. The van der Waals surface area contributed by atoms with E-state index in [4.69, 9.17) is 16.2 Å². The molecule has 1 saturated heterocycles. The molecule has 1 unspecified atom stereocenters. The number of nitrogens with two attached hydrogens (primary N) is 2. The van der Waals surface area contributed by atoms with Gasteiger partial charge < -0.3 is 20.9 Å². The first-order valence-corrected chi connectivity index (χ1v) is 5.15. The van der Waals surface area contributed by atoms with Crippen LogP contribution < -0.4 is 11.5 Å². The van der Waals surface area contributed by atoms with E-state index in [9.17, 15) is 4.79 Å². The van der Waals surface area contributed by atoms with Crippen molar-refractivity contribution in [1.82, 2.24) is 0 Å². The molecular formula is C11H20N2O3. The fraction of sp³-hybridized carbons (Fsp3) is 0.727. The average Bonchev–Trinajstić information content (AvgIpc) is 2.15. The van der Waals surface area contributed by atoms with Gasteiger partial charge in [-0.05, 0) is 18.8 Å². The fourth-order valence-electron chi connectivity index (χ4n) is 0.681. The molecule has 1 aliphatic heterocycles. The van der Waals surface area contributed by atoms with Crippen LogP contribution in [0.5, 0.6) is 0 Å². The topological polar surface area (TPSA) is 87.6 Å². The van der Waals surface area contributed by atoms with Crippen LogP contribution in [0.3, 0.4) is 0 Å². The summed E-state index contributed by atoms with van der Waals surface area (Å²) in [6.07, 6.45) is 0. The summed E-state index contributed by atoms with van der Waals surface area (Å²) in [4.78, 5) is 9.90.